The maximum absolute atomic E-state index is 5.43. The first-order valence-electron chi connectivity index (χ1n) is 7.60. The first-order valence-corrected chi connectivity index (χ1v) is 8.40. The van der Waals surface area contributed by atoms with Crippen LogP contribution in [0.15, 0.2) is 21.6 Å². The topological polar surface area (TPSA) is 64.1 Å². The maximum Gasteiger partial charge on any atom is 0.231 e. The van der Waals surface area contributed by atoms with E-state index in [1.165, 1.54) is 0 Å². The predicted octanol–water partition coefficient (Wildman–Crippen LogP) is 2.66. The Hall–Kier alpha value is -1.47. The van der Waals surface area contributed by atoms with E-state index in [4.69, 9.17) is 14.2 Å². The molecule has 23 heavy (non-hydrogen) atoms. The summed E-state index contributed by atoms with van der Waals surface area (Å²) in [6, 6.07) is 3.96. The largest absolute Gasteiger partial charge is 0.454 e. The summed E-state index contributed by atoms with van der Waals surface area (Å²) in [5.41, 5.74) is 0.794. The number of aliphatic imine (C=N–C) groups is 1. The summed E-state index contributed by atoms with van der Waals surface area (Å²) in [5, 5.41) is 6.53. The van der Waals surface area contributed by atoms with Gasteiger partial charge in [0, 0.05) is 20.2 Å². The zero-order valence-corrected chi connectivity index (χ0v) is 15.6. The highest BCUT2D eigenvalue weighted by Crippen LogP contribution is 2.40. The third-order valence-corrected chi connectivity index (χ3v) is 4.07. The van der Waals surface area contributed by atoms with Crippen molar-refractivity contribution in [3.63, 3.8) is 0 Å². The van der Waals surface area contributed by atoms with Gasteiger partial charge in [0.05, 0.1) is 16.6 Å². The zero-order valence-electron chi connectivity index (χ0n) is 14.0. The lowest BCUT2D eigenvalue weighted by molar-refractivity contribution is 0.0268. The first kappa shape index (κ1) is 17.9. The number of ether oxygens (including phenoxy) is 3. The zero-order chi connectivity index (χ0) is 16.9. The fourth-order valence-electron chi connectivity index (χ4n) is 1.99. The van der Waals surface area contributed by atoms with Crippen molar-refractivity contribution in [3.8, 4) is 11.5 Å². The second kappa shape index (κ2) is 7.88. The van der Waals surface area contributed by atoms with Gasteiger partial charge in [-0.1, -0.05) is 0 Å². The van der Waals surface area contributed by atoms with Gasteiger partial charge in [-0.3, -0.25) is 0 Å². The van der Waals surface area contributed by atoms with Crippen LogP contribution in [0.3, 0.4) is 0 Å². The Bertz CT molecular complexity index is 576. The third kappa shape index (κ3) is 5.00. The smallest absolute Gasteiger partial charge is 0.231 e. The quantitative estimate of drug-likeness (QED) is 0.582. The van der Waals surface area contributed by atoms with Crippen LogP contribution in [-0.2, 0) is 11.3 Å². The van der Waals surface area contributed by atoms with Gasteiger partial charge in [0.15, 0.2) is 17.5 Å². The molecular weight excluding hydrogens is 362 g/mol. The number of rotatable bonds is 6. The lowest BCUT2D eigenvalue weighted by Crippen LogP contribution is -2.45. The molecule has 0 fully saturated rings. The van der Waals surface area contributed by atoms with Gasteiger partial charge >= 0.3 is 0 Å². The van der Waals surface area contributed by atoms with Crippen LogP contribution in [0.25, 0.3) is 0 Å². The standard InChI is InChI=1S/C16H24BrN3O3/c1-5-18-15(20-9-16(2,3)21-4)19-8-11-6-12(17)14-13(7-11)22-10-23-14/h6-7H,5,8-10H2,1-4H3,(H2,18,19,20). The molecule has 0 bridgehead atoms. The van der Waals surface area contributed by atoms with Crippen LogP contribution in [0.5, 0.6) is 11.5 Å². The van der Waals surface area contributed by atoms with E-state index >= 15 is 0 Å². The van der Waals surface area contributed by atoms with Gasteiger partial charge < -0.3 is 24.8 Å². The van der Waals surface area contributed by atoms with Crippen molar-refractivity contribution in [2.24, 2.45) is 4.99 Å². The van der Waals surface area contributed by atoms with Gasteiger partial charge in [-0.05, 0) is 54.4 Å². The average Bonchev–Trinajstić information content (AvgIpc) is 2.99. The Kier molecular flexibility index (Phi) is 6.12. The molecule has 1 heterocycles. The van der Waals surface area contributed by atoms with E-state index in [-0.39, 0.29) is 12.4 Å². The van der Waals surface area contributed by atoms with Crippen LogP contribution in [0.4, 0.5) is 0 Å². The van der Waals surface area contributed by atoms with Crippen LogP contribution >= 0.6 is 15.9 Å². The monoisotopic (exact) mass is 385 g/mol. The normalized spacial score (nSPS) is 14.0. The van der Waals surface area contributed by atoms with Gasteiger partial charge in [-0.2, -0.15) is 0 Å². The minimum Gasteiger partial charge on any atom is -0.454 e. The Labute approximate surface area is 145 Å². The molecule has 0 saturated heterocycles. The third-order valence-electron chi connectivity index (χ3n) is 3.49. The van der Waals surface area contributed by atoms with E-state index in [9.17, 15) is 0 Å². The second-order valence-corrected chi connectivity index (χ2v) is 6.68. The summed E-state index contributed by atoms with van der Waals surface area (Å²) >= 11 is 3.50. The van der Waals surface area contributed by atoms with Crippen LogP contribution in [0.2, 0.25) is 0 Å². The Balaban J connectivity index is 2.04. The molecule has 0 radical (unpaired) electrons. The van der Waals surface area contributed by atoms with Crippen molar-refractivity contribution in [2.75, 3.05) is 27.0 Å². The molecule has 1 aromatic carbocycles. The SMILES string of the molecule is CCNC(=NCc1cc(Br)c2c(c1)OCO2)NCC(C)(C)OC. The van der Waals surface area contributed by atoms with E-state index in [1.807, 2.05) is 32.9 Å². The highest BCUT2D eigenvalue weighted by Gasteiger charge is 2.18. The predicted molar refractivity (Wildman–Crippen MR) is 94.2 cm³/mol. The molecule has 128 valence electrons. The molecule has 0 aliphatic carbocycles. The van der Waals surface area contributed by atoms with E-state index in [1.54, 1.807) is 7.11 Å². The van der Waals surface area contributed by atoms with Gasteiger partial charge in [0.1, 0.15) is 0 Å². The molecule has 0 amide bonds. The number of methoxy groups -OCH3 is 1. The van der Waals surface area contributed by atoms with Crippen molar-refractivity contribution in [2.45, 2.75) is 32.9 Å². The van der Waals surface area contributed by atoms with Gasteiger partial charge in [-0.15, -0.1) is 0 Å². The number of fused-ring (bicyclic) bond motifs is 1. The Morgan fingerprint density at radius 1 is 1.35 bits per heavy atom. The van der Waals surface area contributed by atoms with Crippen LogP contribution in [0.1, 0.15) is 26.3 Å². The molecule has 1 aromatic rings. The number of nitrogens with zero attached hydrogens (tertiary/aromatic N) is 1. The number of guanidine groups is 1. The molecular formula is C16H24BrN3O3. The Morgan fingerprint density at radius 3 is 2.83 bits per heavy atom. The van der Waals surface area contributed by atoms with E-state index in [2.05, 4.69) is 31.6 Å². The average molecular weight is 386 g/mol. The minimum atomic E-state index is -0.252. The number of hydrogen-bond donors (Lipinski definition) is 2. The fraction of sp³-hybridized carbons (Fsp3) is 0.562. The number of hydrogen-bond acceptors (Lipinski definition) is 4. The van der Waals surface area contributed by atoms with Crippen molar-refractivity contribution in [3.05, 3.63) is 22.2 Å². The molecule has 0 atom stereocenters. The van der Waals surface area contributed by atoms with Crippen LogP contribution < -0.4 is 20.1 Å². The van der Waals surface area contributed by atoms with Gasteiger partial charge in [0.25, 0.3) is 0 Å². The van der Waals surface area contributed by atoms with Crippen LogP contribution in [-0.4, -0.2) is 38.6 Å². The summed E-state index contributed by atoms with van der Waals surface area (Å²) in [7, 11) is 1.70. The van der Waals surface area contributed by atoms with E-state index in [0.29, 0.717) is 13.1 Å². The maximum atomic E-state index is 5.43. The summed E-state index contributed by atoms with van der Waals surface area (Å²) in [4.78, 5) is 4.61. The minimum absolute atomic E-state index is 0.252. The van der Waals surface area contributed by atoms with E-state index < -0.39 is 0 Å². The number of halogens is 1. The lowest BCUT2D eigenvalue weighted by Gasteiger charge is -2.24. The first-order chi connectivity index (χ1) is 10.9. The van der Waals surface area contributed by atoms with Crippen molar-refractivity contribution < 1.29 is 14.2 Å². The summed E-state index contributed by atoms with van der Waals surface area (Å²) in [6.07, 6.45) is 0. The number of benzene rings is 1. The lowest BCUT2D eigenvalue weighted by atomic mass is 10.1. The molecule has 0 unspecified atom stereocenters. The molecule has 0 saturated carbocycles. The molecule has 0 aromatic heterocycles. The molecule has 1 aliphatic rings. The second-order valence-electron chi connectivity index (χ2n) is 5.82. The molecule has 2 N–H and O–H groups in total. The summed E-state index contributed by atoms with van der Waals surface area (Å²) in [6.45, 7) is 8.35. The number of nitrogens with one attached hydrogen (secondary N) is 2. The molecule has 0 spiro atoms. The molecule has 7 heteroatoms. The summed E-state index contributed by atoms with van der Waals surface area (Å²) in [5.74, 6) is 2.26. The van der Waals surface area contributed by atoms with Crippen molar-refractivity contribution in [1.29, 1.82) is 0 Å². The molecule has 1 aliphatic heterocycles. The van der Waals surface area contributed by atoms with E-state index in [0.717, 1.165) is 34.0 Å². The van der Waals surface area contributed by atoms with Crippen LogP contribution in [0, 0.1) is 0 Å². The fourth-order valence-corrected chi connectivity index (χ4v) is 2.60. The van der Waals surface area contributed by atoms with Gasteiger partial charge in [-0.25, -0.2) is 4.99 Å². The summed E-state index contributed by atoms with van der Waals surface area (Å²) < 4.78 is 17.1. The van der Waals surface area contributed by atoms with Crippen molar-refractivity contribution in [1.82, 2.24) is 10.6 Å². The highest BCUT2D eigenvalue weighted by molar-refractivity contribution is 9.10. The Morgan fingerprint density at radius 2 is 2.13 bits per heavy atom. The van der Waals surface area contributed by atoms with Crippen molar-refractivity contribution >= 4 is 21.9 Å². The highest BCUT2D eigenvalue weighted by atomic mass is 79.9. The molecule has 2 rings (SSSR count). The van der Waals surface area contributed by atoms with Gasteiger partial charge in [0.2, 0.25) is 6.79 Å². The molecule has 6 nitrogen and oxygen atoms in total.